The number of pyridine rings is 1. The molecule has 1 saturated heterocycles. The molecule has 9 heteroatoms. The van der Waals surface area contributed by atoms with E-state index in [-0.39, 0.29) is 24.1 Å². The molecule has 1 unspecified atom stereocenters. The molecule has 1 saturated carbocycles. The van der Waals surface area contributed by atoms with Crippen LogP contribution in [0, 0.1) is 13.8 Å². The Kier molecular flexibility index (Phi) is 7.98. The van der Waals surface area contributed by atoms with E-state index >= 15 is 0 Å². The zero-order chi connectivity index (χ0) is 29.4. The molecule has 42 heavy (non-hydrogen) atoms. The Bertz CT molecular complexity index is 1650. The fourth-order valence-electron chi connectivity index (χ4n) is 6.79. The van der Waals surface area contributed by atoms with E-state index in [1.54, 1.807) is 0 Å². The van der Waals surface area contributed by atoms with E-state index in [9.17, 15) is 14.7 Å². The maximum Gasteiger partial charge on any atom is 0.252 e. The third-order valence-corrected chi connectivity index (χ3v) is 9.04. The lowest BCUT2D eigenvalue weighted by Crippen LogP contribution is -2.39. The summed E-state index contributed by atoms with van der Waals surface area (Å²) in [6.45, 7) is 5.58. The number of aromatic nitrogens is 3. The number of hydrogen-bond donors (Lipinski definition) is 4. The molecule has 1 aliphatic heterocycles. The number of nitrogens with two attached hydrogens (primary N) is 1. The Morgan fingerprint density at radius 1 is 1.10 bits per heavy atom. The fourth-order valence-corrected chi connectivity index (χ4v) is 6.79. The number of aliphatic hydroxyl groups is 1. The van der Waals surface area contributed by atoms with Crippen LogP contribution in [0.1, 0.15) is 78.7 Å². The standard InChI is InChI=1S/C33H40N6O3/c1-20-14-21(2)37-33(42)27(20)17-35-32(41)26-15-24(16-30-28(26)18-36-39(30)25-6-3-4-7-25)23-11-9-22(10-12-23)19-38-13-5-8-29(38)31(34)40/h9-12,14-16,18,25,29,32,35,41H,3-8,13,17,19H2,1-2H3,(H2,34,40)(H,37,42)/t29-,32?/m1/s1. The van der Waals surface area contributed by atoms with Crippen LogP contribution in [0.5, 0.6) is 0 Å². The Balaban J connectivity index is 1.31. The van der Waals surface area contributed by atoms with Crippen molar-refractivity contribution in [3.63, 3.8) is 0 Å². The van der Waals surface area contributed by atoms with Crippen LogP contribution in [0.3, 0.4) is 0 Å². The molecule has 220 valence electrons. The summed E-state index contributed by atoms with van der Waals surface area (Å²) in [6.07, 6.45) is 7.26. The molecule has 2 aromatic heterocycles. The van der Waals surface area contributed by atoms with Gasteiger partial charge in [-0.25, -0.2) is 0 Å². The third kappa shape index (κ3) is 5.64. The van der Waals surface area contributed by atoms with Gasteiger partial charge in [0.15, 0.2) is 0 Å². The van der Waals surface area contributed by atoms with E-state index < -0.39 is 6.23 Å². The number of carbonyl (C=O) groups excluding carboxylic acids is 1. The van der Waals surface area contributed by atoms with Crippen LogP contribution in [0.4, 0.5) is 0 Å². The summed E-state index contributed by atoms with van der Waals surface area (Å²) in [5.74, 6) is -0.252. The summed E-state index contributed by atoms with van der Waals surface area (Å²) < 4.78 is 2.13. The number of fused-ring (bicyclic) bond motifs is 1. The number of primary amides is 1. The molecule has 2 aliphatic rings. The molecule has 0 spiro atoms. The average molecular weight is 569 g/mol. The van der Waals surface area contributed by atoms with Gasteiger partial charge in [0, 0.05) is 35.3 Å². The number of aryl methyl sites for hydroxylation is 2. The molecule has 5 N–H and O–H groups in total. The van der Waals surface area contributed by atoms with Gasteiger partial charge in [0.25, 0.3) is 5.56 Å². The molecule has 0 radical (unpaired) electrons. The van der Waals surface area contributed by atoms with Gasteiger partial charge in [-0.05, 0) is 86.5 Å². The van der Waals surface area contributed by atoms with Crippen LogP contribution in [0.15, 0.2) is 53.5 Å². The van der Waals surface area contributed by atoms with Crippen LogP contribution in [0.25, 0.3) is 22.0 Å². The molecule has 9 nitrogen and oxygen atoms in total. The summed E-state index contributed by atoms with van der Waals surface area (Å²) in [4.78, 5) is 29.4. The Labute approximate surface area is 245 Å². The van der Waals surface area contributed by atoms with Crippen molar-refractivity contribution in [1.29, 1.82) is 0 Å². The molecule has 1 aliphatic carbocycles. The van der Waals surface area contributed by atoms with Crippen molar-refractivity contribution in [3.05, 3.63) is 87.0 Å². The van der Waals surface area contributed by atoms with Gasteiger partial charge in [-0.3, -0.25) is 24.5 Å². The van der Waals surface area contributed by atoms with Crippen LogP contribution >= 0.6 is 0 Å². The largest absolute Gasteiger partial charge is 0.374 e. The fraction of sp³-hybridized carbons (Fsp3) is 0.424. The van der Waals surface area contributed by atoms with Gasteiger partial charge in [0.1, 0.15) is 6.23 Å². The summed E-state index contributed by atoms with van der Waals surface area (Å²) in [6, 6.07) is 14.7. The molecule has 2 fully saturated rings. The summed E-state index contributed by atoms with van der Waals surface area (Å²) >= 11 is 0. The van der Waals surface area contributed by atoms with Crippen LogP contribution in [-0.4, -0.2) is 43.3 Å². The summed E-state index contributed by atoms with van der Waals surface area (Å²) in [7, 11) is 0. The lowest BCUT2D eigenvalue weighted by atomic mass is 9.98. The highest BCUT2D eigenvalue weighted by Crippen LogP contribution is 2.36. The second-order valence-electron chi connectivity index (χ2n) is 12.0. The minimum absolute atomic E-state index is 0.142. The van der Waals surface area contributed by atoms with Crippen molar-refractivity contribution in [1.82, 2.24) is 25.0 Å². The number of hydrogen-bond acceptors (Lipinski definition) is 6. The van der Waals surface area contributed by atoms with E-state index in [4.69, 9.17) is 10.8 Å². The van der Waals surface area contributed by atoms with Crippen LogP contribution in [-0.2, 0) is 17.9 Å². The highest BCUT2D eigenvalue weighted by molar-refractivity contribution is 5.88. The molecule has 3 heterocycles. The predicted molar refractivity (Wildman–Crippen MR) is 164 cm³/mol. The third-order valence-electron chi connectivity index (χ3n) is 9.04. The van der Waals surface area contributed by atoms with Crippen molar-refractivity contribution in [2.24, 2.45) is 5.73 Å². The number of benzene rings is 2. The highest BCUT2D eigenvalue weighted by Gasteiger charge is 2.29. The molecule has 2 aromatic carbocycles. The molecule has 4 aromatic rings. The first kappa shape index (κ1) is 28.3. The average Bonchev–Trinajstić information content (AvgIpc) is 3.73. The monoisotopic (exact) mass is 568 g/mol. The zero-order valence-electron chi connectivity index (χ0n) is 24.4. The normalized spacial score (nSPS) is 18.7. The van der Waals surface area contributed by atoms with Crippen molar-refractivity contribution >= 4 is 16.8 Å². The van der Waals surface area contributed by atoms with E-state index in [0.717, 1.165) is 76.6 Å². The summed E-state index contributed by atoms with van der Waals surface area (Å²) in [5, 5.41) is 20.3. The number of nitrogens with one attached hydrogen (secondary N) is 2. The number of aromatic amines is 1. The minimum atomic E-state index is -0.992. The van der Waals surface area contributed by atoms with Gasteiger partial charge >= 0.3 is 0 Å². The number of H-pyrrole nitrogens is 1. The molecule has 1 amide bonds. The Morgan fingerprint density at radius 2 is 1.86 bits per heavy atom. The van der Waals surface area contributed by atoms with E-state index in [0.29, 0.717) is 18.2 Å². The maximum absolute atomic E-state index is 12.6. The quantitative estimate of drug-likeness (QED) is 0.222. The van der Waals surface area contributed by atoms with Gasteiger partial charge in [-0.1, -0.05) is 37.1 Å². The van der Waals surface area contributed by atoms with Crippen molar-refractivity contribution in [2.45, 2.75) is 83.8 Å². The van der Waals surface area contributed by atoms with Gasteiger partial charge in [0.2, 0.25) is 5.91 Å². The van der Waals surface area contributed by atoms with Gasteiger partial charge < -0.3 is 15.8 Å². The second kappa shape index (κ2) is 11.8. The maximum atomic E-state index is 12.6. The number of likely N-dealkylation sites (tertiary alicyclic amines) is 1. The van der Waals surface area contributed by atoms with Gasteiger partial charge in [0.05, 0.1) is 23.8 Å². The number of nitrogens with zero attached hydrogens (tertiary/aromatic N) is 3. The van der Waals surface area contributed by atoms with E-state index in [2.05, 4.69) is 50.2 Å². The Morgan fingerprint density at radius 3 is 2.57 bits per heavy atom. The molecule has 2 atom stereocenters. The zero-order valence-corrected chi connectivity index (χ0v) is 24.4. The van der Waals surface area contributed by atoms with Gasteiger partial charge in [-0.2, -0.15) is 5.10 Å². The Hall–Kier alpha value is -3.79. The SMILES string of the molecule is Cc1cc(C)c(CNC(O)c2cc(-c3ccc(CN4CCC[C@@H]4C(N)=O)cc3)cc3c2cnn3C2CCCC2)c(=O)[nH]1. The number of amides is 1. The first-order chi connectivity index (χ1) is 20.3. The van der Waals surface area contributed by atoms with Crippen molar-refractivity contribution in [3.8, 4) is 11.1 Å². The van der Waals surface area contributed by atoms with Gasteiger partial charge in [-0.15, -0.1) is 0 Å². The van der Waals surface area contributed by atoms with Crippen molar-refractivity contribution in [2.75, 3.05) is 6.54 Å². The smallest absolute Gasteiger partial charge is 0.252 e. The second-order valence-corrected chi connectivity index (χ2v) is 12.0. The first-order valence-electron chi connectivity index (χ1n) is 15.0. The first-order valence-corrected chi connectivity index (χ1v) is 15.0. The van der Waals surface area contributed by atoms with E-state index in [1.807, 2.05) is 32.2 Å². The minimum Gasteiger partial charge on any atom is -0.374 e. The van der Waals surface area contributed by atoms with E-state index in [1.165, 1.54) is 12.8 Å². The lowest BCUT2D eigenvalue weighted by molar-refractivity contribution is -0.122. The number of aliphatic hydroxyl groups excluding tert-OH is 1. The lowest BCUT2D eigenvalue weighted by Gasteiger charge is -2.22. The number of rotatable bonds is 9. The summed E-state index contributed by atoms with van der Waals surface area (Å²) in [5.41, 5.74) is 12.7. The predicted octanol–water partition coefficient (Wildman–Crippen LogP) is 4.35. The van der Waals surface area contributed by atoms with Crippen LogP contribution < -0.4 is 16.6 Å². The molecule has 6 rings (SSSR count). The van der Waals surface area contributed by atoms with Crippen molar-refractivity contribution < 1.29 is 9.90 Å². The topological polar surface area (TPSA) is 129 Å². The van der Waals surface area contributed by atoms with Crippen LogP contribution in [0.2, 0.25) is 0 Å². The molecule has 0 bridgehead atoms. The highest BCUT2D eigenvalue weighted by atomic mass is 16.3. The number of carbonyl (C=O) groups is 1. The molecular formula is C33H40N6O3. The molecular weight excluding hydrogens is 528 g/mol.